The smallest absolute Gasteiger partial charge is 0.318 e. The predicted octanol–water partition coefficient (Wildman–Crippen LogP) is 5.28. The van der Waals surface area contributed by atoms with Gasteiger partial charge in [0.1, 0.15) is 24.3 Å². The van der Waals surface area contributed by atoms with E-state index in [4.69, 9.17) is 37.6 Å². The molecule has 5 heterocycles. The minimum atomic E-state index is -1.04. The van der Waals surface area contributed by atoms with E-state index >= 15 is 0 Å². The molecule has 1 amide bonds. The van der Waals surface area contributed by atoms with Crippen molar-refractivity contribution >= 4 is 39.8 Å². The van der Waals surface area contributed by atoms with Crippen LogP contribution < -0.4 is 14.5 Å². The van der Waals surface area contributed by atoms with Crippen molar-refractivity contribution < 1.29 is 23.0 Å². The molecule has 3 saturated heterocycles. The predicted molar refractivity (Wildman–Crippen MR) is 184 cm³/mol. The Kier molecular flexibility index (Phi) is 9.35. The van der Waals surface area contributed by atoms with Gasteiger partial charge in [-0.25, -0.2) is 15.4 Å². The molecule has 4 aliphatic rings. The average Bonchev–Trinajstić information content (AvgIpc) is 3.65. The second-order valence-electron chi connectivity index (χ2n) is 13.6. The van der Waals surface area contributed by atoms with Gasteiger partial charge in [-0.3, -0.25) is 9.69 Å². The van der Waals surface area contributed by atoms with E-state index < -0.39 is 23.6 Å². The van der Waals surface area contributed by atoms with Crippen LogP contribution in [0.15, 0.2) is 42.7 Å². The number of ether oxygens (including phenoxy) is 2. The summed E-state index contributed by atoms with van der Waals surface area (Å²) in [4.78, 5) is 34.3. The minimum absolute atomic E-state index is 0.0271. The monoisotopic (exact) mass is 691 g/mol. The molecular formula is C36H40ClF2N7O3. The number of nitrogens with zero attached hydrogens (tertiary/aromatic N) is 7. The van der Waals surface area contributed by atoms with Gasteiger partial charge in [0.2, 0.25) is 6.54 Å². The Bertz CT molecular complexity index is 1820. The Morgan fingerprint density at radius 3 is 2.82 bits per heavy atom. The number of methoxy groups -OCH3 is 1. The van der Waals surface area contributed by atoms with Crippen molar-refractivity contribution in [1.29, 1.82) is 0 Å². The van der Waals surface area contributed by atoms with Crippen LogP contribution in [0.2, 0.25) is 5.02 Å². The number of halogens is 3. The van der Waals surface area contributed by atoms with Crippen molar-refractivity contribution in [3.05, 3.63) is 76.3 Å². The van der Waals surface area contributed by atoms with Gasteiger partial charge in [-0.05, 0) is 55.7 Å². The van der Waals surface area contributed by atoms with Crippen LogP contribution >= 0.6 is 11.6 Å². The van der Waals surface area contributed by atoms with Crippen LogP contribution in [0.25, 0.3) is 15.6 Å². The van der Waals surface area contributed by atoms with E-state index in [0.717, 1.165) is 54.7 Å². The minimum Gasteiger partial charge on any atom is -0.461 e. The number of carbonyl (C=O) groups excluding carboxylic acids is 1. The van der Waals surface area contributed by atoms with Crippen molar-refractivity contribution in [2.45, 2.75) is 43.8 Å². The van der Waals surface area contributed by atoms with Crippen LogP contribution in [0.5, 0.6) is 6.01 Å². The summed E-state index contributed by atoms with van der Waals surface area (Å²) in [7, 11) is 1.74. The van der Waals surface area contributed by atoms with E-state index in [1.54, 1.807) is 13.2 Å². The highest BCUT2D eigenvalue weighted by Crippen LogP contribution is 2.43. The van der Waals surface area contributed by atoms with Gasteiger partial charge in [0, 0.05) is 56.5 Å². The third kappa shape index (κ3) is 6.28. The first-order valence-electron chi connectivity index (χ1n) is 16.8. The maximum absolute atomic E-state index is 14.7. The zero-order valence-corrected chi connectivity index (χ0v) is 28.4. The van der Waals surface area contributed by atoms with Crippen LogP contribution in [-0.2, 0) is 22.5 Å². The molecule has 2 unspecified atom stereocenters. The van der Waals surface area contributed by atoms with E-state index in [-0.39, 0.29) is 29.7 Å². The fourth-order valence-electron chi connectivity index (χ4n) is 8.40. The number of rotatable bonds is 9. The van der Waals surface area contributed by atoms with Gasteiger partial charge in [-0.2, -0.15) is 9.97 Å². The molecule has 0 N–H and O–H groups in total. The van der Waals surface area contributed by atoms with E-state index in [9.17, 15) is 13.6 Å². The van der Waals surface area contributed by atoms with Gasteiger partial charge in [-0.15, -0.1) is 0 Å². The number of piperazine rings is 1. The molecule has 49 heavy (non-hydrogen) atoms. The van der Waals surface area contributed by atoms with Crippen molar-refractivity contribution in [3.63, 3.8) is 0 Å². The second-order valence-corrected chi connectivity index (χ2v) is 14.0. The molecule has 258 valence electrons. The molecular weight excluding hydrogens is 652 g/mol. The van der Waals surface area contributed by atoms with Crippen LogP contribution in [0, 0.1) is 18.3 Å². The molecule has 13 heteroatoms. The topological polar surface area (TPSA) is 78.6 Å². The molecule has 3 atom stereocenters. The van der Waals surface area contributed by atoms with E-state index in [1.165, 1.54) is 11.0 Å². The first-order chi connectivity index (χ1) is 23.7. The van der Waals surface area contributed by atoms with E-state index in [1.807, 2.05) is 18.2 Å². The summed E-state index contributed by atoms with van der Waals surface area (Å²) in [6, 6.07) is 8.67. The molecule has 0 bridgehead atoms. The summed E-state index contributed by atoms with van der Waals surface area (Å²) in [6.45, 7) is 15.9. The summed E-state index contributed by atoms with van der Waals surface area (Å²) >= 11 is 6.53. The molecule has 3 aromatic rings. The molecule has 0 aliphatic carbocycles. The van der Waals surface area contributed by atoms with Gasteiger partial charge in [0.05, 0.1) is 29.4 Å². The van der Waals surface area contributed by atoms with Crippen molar-refractivity contribution in [2.75, 3.05) is 75.9 Å². The lowest BCUT2D eigenvalue weighted by Gasteiger charge is -2.41. The quantitative estimate of drug-likeness (QED) is 0.222. The van der Waals surface area contributed by atoms with Crippen LogP contribution in [-0.4, -0.2) is 103 Å². The van der Waals surface area contributed by atoms with Crippen LogP contribution in [0.3, 0.4) is 0 Å². The Balaban J connectivity index is 1.23. The standard InChI is InChI=1S/C36H40ClF2N7O3/c1-23(38)34(47)46-15-14-44(19-26(46)17-40-2)33-27-10-13-43(30-7-4-6-25-8-9-28(39)32(37)31(25)30)20-29(27)41-35(42-33)49-22-36-11-5-12-45(36)18-24(16-36)21-48-3/h4,6-9,24,26H,1,5,10-22H2,3H3/t24?,26-,36?/m0/s1. The summed E-state index contributed by atoms with van der Waals surface area (Å²) < 4.78 is 40.6. The first kappa shape index (κ1) is 33.4. The Morgan fingerprint density at radius 1 is 1.16 bits per heavy atom. The van der Waals surface area contributed by atoms with Gasteiger partial charge >= 0.3 is 6.01 Å². The Labute approximate surface area is 290 Å². The third-order valence-corrected chi connectivity index (χ3v) is 11.0. The van der Waals surface area contributed by atoms with Gasteiger partial charge in [0.15, 0.2) is 5.83 Å². The van der Waals surface area contributed by atoms with E-state index in [0.29, 0.717) is 62.9 Å². The van der Waals surface area contributed by atoms with Gasteiger partial charge in [-0.1, -0.05) is 36.4 Å². The van der Waals surface area contributed by atoms with Crippen LogP contribution in [0.1, 0.15) is 30.5 Å². The summed E-state index contributed by atoms with van der Waals surface area (Å²) in [5.41, 5.74) is 2.47. The maximum Gasteiger partial charge on any atom is 0.318 e. The number of aromatic nitrogens is 2. The third-order valence-electron chi connectivity index (χ3n) is 10.6. The van der Waals surface area contributed by atoms with Crippen molar-refractivity contribution in [1.82, 2.24) is 19.8 Å². The average molecular weight is 692 g/mol. The number of amides is 1. The summed E-state index contributed by atoms with van der Waals surface area (Å²) in [5.74, 6) is -1.15. The largest absolute Gasteiger partial charge is 0.461 e. The van der Waals surface area contributed by atoms with Crippen LogP contribution in [0.4, 0.5) is 20.3 Å². The zero-order valence-electron chi connectivity index (χ0n) is 27.6. The molecule has 7 rings (SSSR count). The van der Waals surface area contributed by atoms with Crippen molar-refractivity contribution in [2.24, 2.45) is 5.92 Å². The molecule has 0 radical (unpaired) electrons. The number of carbonyl (C=O) groups is 1. The molecule has 0 spiro atoms. The summed E-state index contributed by atoms with van der Waals surface area (Å²) in [6.07, 6.45) is 3.72. The lowest BCUT2D eigenvalue weighted by Crippen LogP contribution is -2.57. The number of fused-ring (bicyclic) bond motifs is 3. The normalized spacial score (nSPS) is 23.8. The molecule has 2 aromatic carbocycles. The Morgan fingerprint density at radius 2 is 2.02 bits per heavy atom. The molecule has 0 saturated carbocycles. The van der Waals surface area contributed by atoms with Crippen molar-refractivity contribution in [3.8, 4) is 6.01 Å². The van der Waals surface area contributed by atoms with Gasteiger partial charge < -0.3 is 29.0 Å². The maximum atomic E-state index is 14.7. The highest BCUT2D eigenvalue weighted by molar-refractivity contribution is 6.36. The Hall–Kier alpha value is -4.05. The lowest BCUT2D eigenvalue weighted by atomic mass is 9.91. The number of anilines is 2. The first-order valence-corrected chi connectivity index (χ1v) is 17.2. The fourth-order valence-corrected chi connectivity index (χ4v) is 8.67. The zero-order chi connectivity index (χ0) is 34.3. The lowest BCUT2D eigenvalue weighted by molar-refractivity contribution is -0.131. The molecule has 3 fully saturated rings. The van der Waals surface area contributed by atoms with Gasteiger partial charge in [0.25, 0.3) is 5.91 Å². The molecule has 10 nitrogen and oxygen atoms in total. The number of benzene rings is 2. The summed E-state index contributed by atoms with van der Waals surface area (Å²) in [5, 5.41) is 1.59. The fraction of sp³-hybridized carbons (Fsp3) is 0.500. The molecule has 1 aromatic heterocycles. The second kappa shape index (κ2) is 13.7. The SMILES string of the molecule is [C-]#[N+]C[C@H]1CN(c2nc(OCC34CCCN3CC(COC)C4)nc3c2CCN(c2cccc4ccc(F)c(Cl)c24)C3)CCN1C(=O)C(=C)F. The molecule has 4 aliphatic heterocycles. The number of hydrogen-bond acceptors (Lipinski definition) is 8. The number of hydrogen-bond donors (Lipinski definition) is 0. The highest BCUT2D eigenvalue weighted by Gasteiger charge is 2.49. The van der Waals surface area contributed by atoms with E-state index in [2.05, 4.69) is 26.1 Å². The highest BCUT2D eigenvalue weighted by atomic mass is 35.5.